The number of benzene rings is 1. The largest absolute Gasteiger partial charge is 0.490 e. The third kappa shape index (κ3) is 5.85. The molecule has 0 aliphatic heterocycles. The quantitative estimate of drug-likeness (QED) is 0.492. The van der Waals surface area contributed by atoms with Gasteiger partial charge in [0, 0.05) is 5.56 Å². The zero-order chi connectivity index (χ0) is 15.8. The van der Waals surface area contributed by atoms with Gasteiger partial charge in [0.2, 0.25) is 0 Å². The molecule has 0 atom stereocenters. The van der Waals surface area contributed by atoms with E-state index in [1.165, 1.54) is 11.8 Å². The third-order valence-corrected chi connectivity index (χ3v) is 3.04. The molecule has 0 aliphatic carbocycles. The molecular formula is C14H20ClN3O2S. The van der Waals surface area contributed by atoms with Crippen LogP contribution in [0.15, 0.2) is 22.3 Å². The van der Waals surface area contributed by atoms with Crippen LogP contribution in [0.5, 0.6) is 11.5 Å². The molecule has 0 radical (unpaired) electrons. The maximum absolute atomic E-state index is 6.25. The van der Waals surface area contributed by atoms with Gasteiger partial charge in [-0.1, -0.05) is 23.4 Å². The molecule has 1 aromatic rings. The number of rotatable bonds is 6. The molecule has 0 heterocycles. The van der Waals surface area contributed by atoms with E-state index >= 15 is 0 Å². The summed E-state index contributed by atoms with van der Waals surface area (Å²) in [5.41, 5.74) is 6.31. The van der Waals surface area contributed by atoms with Gasteiger partial charge in [-0.05, 0) is 39.2 Å². The lowest BCUT2D eigenvalue weighted by Gasteiger charge is -2.16. The fourth-order valence-electron chi connectivity index (χ4n) is 1.47. The number of nitrogens with zero attached hydrogens (tertiary/aromatic N) is 2. The number of amidine groups is 1. The first-order chi connectivity index (χ1) is 9.97. The number of thioether (sulfide) groups is 1. The van der Waals surface area contributed by atoms with Crippen LogP contribution in [0.2, 0.25) is 5.02 Å². The molecule has 0 aromatic heterocycles. The lowest BCUT2D eigenvalue weighted by molar-refractivity contribution is 0.224. The van der Waals surface area contributed by atoms with Crippen LogP contribution in [0.25, 0.3) is 0 Å². The summed E-state index contributed by atoms with van der Waals surface area (Å²) in [6, 6.07) is 3.55. The van der Waals surface area contributed by atoms with Crippen molar-refractivity contribution < 1.29 is 9.47 Å². The van der Waals surface area contributed by atoms with E-state index in [9.17, 15) is 0 Å². The van der Waals surface area contributed by atoms with Gasteiger partial charge in [0.05, 0.1) is 23.9 Å². The van der Waals surface area contributed by atoms with Gasteiger partial charge in [-0.15, -0.1) is 5.10 Å². The topological polar surface area (TPSA) is 69.2 Å². The van der Waals surface area contributed by atoms with Crippen LogP contribution in [-0.4, -0.2) is 30.3 Å². The average molecular weight is 330 g/mol. The summed E-state index contributed by atoms with van der Waals surface area (Å²) in [5.74, 6) is 1.12. The molecule has 0 saturated carbocycles. The molecule has 0 bridgehead atoms. The van der Waals surface area contributed by atoms with E-state index in [2.05, 4.69) is 10.2 Å². The molecule has 1 rings (SSSR count). The third-order valence-electron chi connectivity index (χ3n) is 2.26. The second kappa shape index (κ2) is 8.79. The van der Waals surface area contributed by atoms with E-state index in [-0.39, 0.29) is 6.10 Å². The maximum Gasteiger partial charge on any atom is 0.180 e. The highest BCUT2D eigenvalue weighted by Gasteiger charge is 2.13. The Morgan fingerprint density at radius 3 is 2.76 bits per heavy atom. The summed E-state index contributed by atoms with van der Waals surface area (Å²) >= 11 is 7.58. The lowest BCUT2D eigenvalue weighted by atomic mass is 10.2. The normalized spacial score (nSPS) is 12.2. The van der Waals surface area contributed by atoms with Crippen LogP contribution in [0.1, 0.15) is 26.3 Å². The summed E-state index contributed by atoms with van der Waals surface area (Å²) in [7, 11) is 0. The zero-order valence-corrected chi connectivity index (χ0v) is 14.2. The van der Waals surface area contributed by atoms with E-state index in [4.69, 9.17) is 26.8 Å². The number of hydrogen-bond acceptors (Lipinski definition) is 5. The molecular weight excluding hydrogens is 310 g/mol. The molecule has 2 N–H and O–H groups in total. The zero-order valence-electron chi connectivity index (χ0n) is 12.6. The fraction of sp³-hybridized carbons (Fsp3) is 0.429. The summed E-state index contributed by atoms with van der Waals surface area (Å²) in [5, 5.41) is 8.59. The van der Waals surface area contributed by atoms with Gasteiger partial charge >= 0.3 is 0 Å². The maximum atomic E-state index is 6.25. The predicted octanol–water partition coefficient (Wildman–Crippen LogP) is 3.54. The highest BCUT2D eigenvalue weighted by molar-refractivity contribution is 8.13. The Bertz CT molecular complexity index is 533. The summed E-state index contributed by atoms with van der Waals surface area (Å²) < 4.78 is 11.3. The molecule has 0 spiro atoms. The molecule has 0 aliphatic rings. The van der Waals surface area contributed by atoms with Gasteiger partial charge < -0.3 is 15.2 Å². The molecule has 0 fully saturated rings. The lowest BCUT2D eigenvalue weighted by Crippen LogP contribution is -2.08. The monoisotopic (exact) mass is 329 g/mol. The van der Waals surface area contributed by atoms with Gasteiger partial charge in [-0.3, -0.25) is 0 Å². The summed E-state index contributed by atoms with van der Waals surface area (Å²) in [6.07, 6.45) is 3.40. The minimum atomic E-state index is 0.00667. The van der Waals surface area contributed by atoms with Gasteiger partial charge in [0.25, 0.3) is 0 Å². The van der Waals surface area contributed by atoms with E-state index in [1.54, 1.807) is 18.3 Å². The van der Waals surface area contributed by atoms with Crippen molar-refractivity contribution in [1.29, 1.82) is 0 Å². The standard InChI is InChI=1S/C14H20ClN3O2S/c1-5-19-12-7-10(8-17-18-14(16)21-4)6-11(15)13(12)20-9(2)3/h6-9H,5H2,1-4H3,(H2,16,18)/b17-8-. The number of halogens is 1. The fourth-order valence-corrected chi connectivity index (χ4v) is 1.86. The van der Waals surface area contributed by atoms with Crippen LogP contribution in [0, 0.1) is 0 Å². The Morgan fingerprint density at radius 1 is 1.48 bits per heavy atom. The first kappa shape index (κ1) is 17.7. The van der Waals surface area contributed by atoms with E-state index in [1.807, 2.05) is 27.0 Å². The van der Waals surface area contributed by atoms with Gasteiger partial charge in [-0.25, -0.2) is 0 Å². The van der Waals surface area contributed by atoms with Crippen LogP contribution in [0.4, 0.5) is 0 Å². The van der Waals surface area contributed by atoms with Gasteiger partial charge in [0.1, 0.15) is 0 Å². The van der Waals surface area contributed by atoms with Crippen molar-refractivity contribution in [2.45, 2.75) is 26.9 Å². The summed E-state index contributed by atoms with van der Waals surface area (Å²) in [6.45, 7) is 6.28. The second-order valence-electron chi connectivity index (χ2n) is 4.32. The first-order valence-corrected chi connectivity index (χ1v) is 8.11. The van der Waals surface area contributed by atoms with Crippen molar-refractivity contribution >= 4 is 34.7 Å². The van der Waals surface area contributed by atoms with Crippen molar-refractivity contribution in [2.75, 3.05) is 12.9 Å². The molecule has 21 heavy (non-hydrogen) atoms. The minimum Gasteiger partial charge on any atom is -0.490 e. The van der Waals surface area contributed by atoms with Crippen LogP contribution >= 0.6 is 23.4 Å². The summed E-state index contributed by atoms with van der Waals surface area (Å²) in [4.78, 5) is 0. The van der Waals surface area contributed by atoms with Crippen LogP contribution < -0.4 is 15.2 Å². The van der Waals surface area contributed by atoms with E-state index < -0.39 is 0 Å². The molecule has 5 nitrogen and oxygen atoms in total. The molecule has 0 amide bonds. The number of nitrogens with two attached hydrogens (primary N) is 1. The van der Waals surface area contributed by atoms with Crippen molar-refractivity contribution in [1.82, 2.24) is 0 Å². The Labute approximate surface area is 134 Å². The van der Waals surface area contributed by atoms with Crippen molar-refractivity contribution in [3.63, 3.8) is 0 Å². The highest BCUT2D eigenvalue weighted by Crippen LogP contribution is 2.37. The highest BCUT2D eigenvalue weighted by atomic mass is 35.5. The molecule has 1 aromatic carbocycles. The second-order valence-corrected chi connectivity index (χ2v) is 5.55. The van der Waals surface area contributed by atoms with Crippen molar-refractivity contribution in [2.24, 2.45) is 15.9 Å². The molecule has 7 heteroatoms. The molecule has 0 saturated heterocycles. The van der Waals surface area contributed by atoms with E-state index in [0.29, 0.717) is 28.3 Å². The predicted molar refractivity (Wildman–Crippen MR) is 91.1 cm³/mol. The van der Waals surface area contributed by atoms with Gasteiger partial charge in [0.15, 0.2) is 16.7 Å². The van der Waals surface area contributed by atoms with E-state index in [0.717, 1.165) is 5.56 Å². The first-order valence-electron chi connectivity index (χ1n) is 6.51. The van der Waals surface area contributed by atoms with Crippen molar-refractivity contribution in [3.05, 3.63) is 22.7 Å². The molecule has 0 unspecified atom stereocenters. The average Bonchev–Trinajstić information content (AvgIpc) is 2.42. The van der Waals surface area contributed by atoms with Crippen LogP contribution in [0.3, 0.4) is 0 Å². The van der Waals surface area contributed by atoms with Crippen LogP contribution in [-0.2, 0) is 0 Å². The Morgan fingerprint density at radius 2 is 2.19 bits per heavy atom. The minimum absolute atomic E-state index is 0.00667. The number of ether oxygens (including phenoxy) is 2. The van der Waals surface area contributed by atoms with Crippen molar-refractivity contribution in [3.8, 4) is 11.5 Å². The van der Waals surface area contributed by atoms with Gasteiger partial charge in [-0.2, -0.15) is 5.10 Å². The molecule has 116 valence electrons. The number of hydrogen-bond donors (Lipinski definition) is 1. The Balaban J connectivity index is 3.08. The smallest absolute Gasteiger partial charge is 0.180 e. The Hall–Kier alpha value is -1.40. The SMILES string of the molecule is CCOc1cc(/C=N\N=C(/N)SC)cc(Cl)c1OC(C)C. The Kier molecular flexibility index (Phi) is 7.39.